The van der Waals surface area contributed by atoms with Gasteiger partial charge in [-0.05, 0) is 48.2 Å². The summed E-state index contributed by atoms with van der Waals surface area (Å²) in [5.74, 6) is 0.980. The number of rotatable bonds is 3. The van der Waals surface area contributed by atoms with Crippen molar-refractivity contribution in [3.8, 4) is 5.75 Å². The lowest BCUT2D eigenvalue weighted by Gasteiger charge is -2.24. The first-order valence-electron chi connectivity index (χ1n) is 8.56. The first-order chi connectivity index (χ1) is 11.3. The maximum Gasteiger partial charge on any atom is 0.122 e. The molecular formula is C20H24N2O. The van der Waals surface area contributed by atoms with Gasteiger partial charge in [-0.25, -0.2) is 0 Å². The molecule has 2 aliphatic heterocycles. The van der Waals surface area contributed by atoms with E-state index in [-0.39, 0.29) is 0 Å². The van der Waals surface area contributed by atoms with E-state index in [0.717, 1.165) is 31.8 Å². The van der Waals surface area contributed by atoms with Gasteiger partial charge < -0.3 is 15.0 Å². The van der Waals surface area contributed by atoms with Gasteiger partial charge in [0.1, 0.15) is 5.75 Å². The van der Waals surface area contributed by atoms with Crippen LogP contribution in [0, 0.1) is 0 Å². The topological polar surface area (TPSA) is 24.5 Å². The predicted molar refractivity (Wildman–Crippen MR) is 94.6 cm³/mol. The lowest BCUT2D eigenvalue weighted by molar-refractivity contribution is 0.410. The zero-order valence-electron chi connectivity index (χ0n) is 13.7. The summed E-state index contributed by atoms with van der Waals surface area (Å²) < 4.78 is 5.49. The van der Waals surface area contributed by atoms with Crippen molar-refractivity contribution in [2.24, 2.45) is 0 Å². The standard InChI is InChI=1S/C20H24N2O/c1-23-20-5-3-2-4-16(20)12-15-6-7-19-17(13-15)14-18-8-9-21-10-11-22(18)19/h2-7,13,18,21H,8-12,14H2,1H3. The molecule has 1 fully saturated rings. The first-order valence-corrected chi connectivity index (χ1v) is 8.56. The van der Waals surface area contributed by atoms with E-state index < -0.39 is 0 Å². The molecule has 2 heterocycles. The molecule has 4 rings (SSSR count). The summed E-state index contributed by atoms with van der Waals surface area (Å²) in [6.45, 7) is 3.37. The molecule has 0 spiro atoms. The van der Waals surface area contributed by atoms with Crippen LogP contribution < -0.4 is 15.0 Å². The van der Waals surface area contributed by atoms with Gasteiger partial charge in [0.05, 0.1) is 7.11 Å². The Morgan fingerprint density at radius 3 is 3.00 bits per heavy atom. The maximum absolute atomic E-state index is 5.49. The smallest absolute Gasteiger partial charge is 0.122 e. The van der Waals surface area contributed by atoms with Crippen molar-refractivity contribution in [3.05, 3.63) is 59.2 Å². The molecule has 1 unspecified atom stereocenters. The molecule has 1 saturated heterocycles. The minimum absolute atomic E-state index is 0.682. The summed E-state index contributed by atoms with van der Waals surface area (Å²) in [5, 5.41) is 3.51. The Morgan fingerprint density at radius 1 is 1.17 bits per heavy atom. The van der Waals surface area contributed by atoms with E-state index in [0.29, 0.717) is 6.04 Å². The zero-order valence-corrected chi connectivity index (χ0v) is 13.7. The van der Waals surface area contributed by atoms with Crippen LogP contribution in [0.1, 0.15) is 23.1 Å². The highest BCUT2D eigenvalue weighted by atomic mass is 16.5. The van der Waals surface area contributed by atoms with Crippen LogP contribution in [-0.4, -0.2) is 32.8 Å². The molecule has 120 valence electrons. The third-order valence-corrected chi connectivity index (χ3v) is 5.12. The second-order valence-corrected chi connectivity index (χ2v) is 6.54. The van der Waals surface area contributed by atoms with Crippen molar-refractivity contribution in [3.63, 3.8) is 0 Å². The normalized spacial score (nSPS) is 19.9. The molecule has 0 bridgehead atoms. The Labute approximate surface area is 138 Å². The summed E-state index contributed by atoms with van der Waals surface area (Å²) in [6, 6.07) is 16.0. The zero-order chi connectivity index (χ0) is 15.6. The van der Waals surface area contributed by atoms with Crippen molar-refractivity contribution >= 4 is 5.69 Å². The molecule has 0 aromatic heterocycles. The van der Waals surface area contributed by atoms with E-state index in [1.807, 2.05) is 12.1 Å². The molecule has 0 aliphatic carbocycles. The van der Waals surface area contributed by atoms with Crippen molar-refractivity contribution in [2.45, 2.75) is 25.3 Å². The molecule has 1 N–H and O–H groups in total. The second-order valence-electron chi connectivity index (χ2n) is 6.54. The van der Waals surface area contributed by atoms with Crippen LogP contribution in [0.2, 0.25) is 0 Å². The average Bonchev–Trinajstić information content (AvgIpc) is 2.76. The van der Waals surface area contributed by atoms with Gasteiger partial charge in [0.15, 0.2) is 0 Å². The van der Waals surface area contributed by atoms with Crippen LogP contribution in [0.3, 0.4) is 0 Å². The number of nitrogens with one attached hydrogen (secondary N) is 1. The average molecular weight is 308 g/mol. The Kier molecular flexibility index (Phi) is 3.96. The minimum atomic E-state index is 0.682. The molecule has 0 amide bonds. The molecular weight excluding hydrogens is 284 g/mol. The van der Waals surface area contributed by atoms with Crippen LogP contribution in [0.15, 0.2) is 42.5 Å². The molecule has 2 aromatic rings. The summed E-state index contributed by atoms with van der Waals surface area (Å²) in [4.78, 5) is 2.60. The highest BCUT2D eigenvalue weighted by Crippen LogP contribution is 2.35. The van der Waals surface area contributed by atoms with E-state index in [9.17, 15) is 0 Å². The molecule has 2 aromatic carbocycles. The predicted octanol–water partition coefficient (Wildman–Crippen LogP) is 3.01. The SMILES string of the molecule is COc1ccccc1Cc1ccc2c(c1)CC1CCNCCN21. The van der Waals surface area contributed by atoms with E-state index >= 15 is 0 Å². The molecule has 1 atom stereocenters. The lowest BCUT2D eigenvalue weighted by atomic mass is 10.00. The number of para-hydroxylation sites is 1. The second kappa shape index (κ2) is 6.25. The Bertz CT molecular complexity index is 698. The maximum atomic E-state index is 5.49. The number of ether oxygens (including phenoxy) is 1. The number of fused-ring (bicyclic) bond motifs is 3. The number of anilines is 1. The third-order valence-electron chi connectivity index (χ3n) is 5.12. The molecule has 3 heteroatoms. The molecule has 0 radical (unpaired) electrons. The van der Waals surface area contributed by atoms with Gasteiger partial charge in [-0.3, -0.25) is 0 Å². The molecule has 23 heavy (non-hydrogen) atoms. The van der Waals surface area contributed by atoms with Gasteiger partial charge in [0.25, 0.3) is 0 Å². The molecule has 2 aliphatic rings. The number of benzene rings is 2. The van der Waals surface area contributed by atoms with Gasteiger partial charge in [0, 0.05) is 31.2 Å². The van der Waals surface area contributed by atoms with Crippen molar-refractivity contribution in [1.29, 1.82) is 0 Å². The summed E-state index contributed by atoms with van der Waals surface area (Å²) >= 11 is 0. The fourth-order valence-corrected chi connectivity index (χ4v) is 3.98. The van der Waals surface area contributed by atoms with Crippen molar-refractivity contribution in [1.82, 2.24) is 5.32 Å². The Morgan fingerprint density at radius 2 is 2.09 bits per heavy atom. The molecule has 3 nitrogen and oxygen atoms in total. The van der Waals surface area contributed by atoms with Crippen LogP contribution in [0.4, 0.5) is 5.69 Å². The largest absolute Gasteiger partial charge is 0.496 e. The van der Waals surface area contributed by atoms with Crippen LogP contribution in [0.5, 0.6) is 5.75 Å². The molecule has 0 saturated carbocycles. The summed E-state index contributed by atoms with van der Waals surface area (Å²) in [7, 11) is 1.75. The van der Waals surface area contributed by atoms with Gasteiger partial charge in [0.2, 0.25) is 0 Å². The number of nitrogens with zero attached hydrogens (tertiary/aromatic N) is 1. The number of hydrogen-bond acceptors (Lipinski definition) is 3. The van der Waals surface area contributed by atoms with Gasteiger partial charge in [-0.2, -0.15) is 0 Å². The van der Waals surface area contributed by atoms with E-state index in [1.165, 1.54) is 35.2 Å². The van der Waals surface area contributed by atoms with Crippen LogP contribution in [0.25, 0.3) is 0 Å². The monoisotopic (exact) mass is 308 g/mol. The number of methoxy groups -OCH3 is 1. The fourth-order valence-electron chi connectivity index (χ4n) is 3.98. The third kappa shape index (κ3) is 2.81. The minimum Gasteiger partial charge on any atom is -0.496 e. The van der Waals surface area contributed by atoms with E-state index in [4.69, 9.17) is 4.74 Å². The van der Waals surface area contributed by atoms with Crippen molar-refractivity contribution < 1.29 is 4.74 Å². The summed E-state index contributed by atoms with van der Waals surface area (Å²) in [5.41, 5.74) is 5.60. The van der Waals surface area contributed by atoms with Crippen molar-refractivity contribution in [2.75, 3.05) is 31.6 Å². The fraction of sp³-hybridized carbons (Fsp3) is 0.400. The summed E-state index contributed by atoms with van der Waals surface area (Å²) in [6.07, 6.45) is 3.37. The Hall–Kier alpha value is -2.00. The first kappa shape index (κ1) is 14.6. The van der Waals surface area contributed by atoms with Gasteiger partial charge >= 0.3 is 0 Å². The van der Waals surface area contributed by atoms with E-state index in [2.05, 4.69) is 40.5 Å². The van der Waals surface area contributed by atoms with Crippen LogP contribution >= 0.6 is 0 Å². The number of hydrogen-bond donors (Lipinski definition) is 1. The van der Waals surface area contributed by atoms with Gasteiger partial charge in [-0.15, -0.1) is 0 Å². The highest BCUT2D eigenvalue weighted by molar-refractivity contribution is 5.61. The van der Waals surface area contributed by atoms with Gasteiger partial charge in [-0.1, -0.05) is 30.3 Å². The lowest BCUT2D eigenvalue weighted by Crippen LogP contribution is -2.32. The Balaban J connectivity index is 1.59. The highest BCUT2D eigenvalue weighted by Gasteiger charge is 2.29. The quantitative estimate of drug-likeness (QED) is 0.943. The van der Waals surface area contributed by atoms with Crippen LogP contribution in [-0.2, 0) is 12.8 Å². The van der Waals surface area contributed by atoms with E-state index in [1.54, 1.807) is 7.11 Å².